The van der Waals surface area contributed by atoms with E-state index in [0.29, 0.717) is 31.1 Å². The first-order valence-electron chi connectivity index (χ1n) is 11.2. The largest absolute Gasteiger partial charge is 0.484 e. The molecule has 8 heteroatoms. The number of carbonyl (C=O) groups excluding carboxylic acids is 3. The molecule has 1 saturated heterocycles. The van der Waals surface area contributed by atoms with E-state index in [2.05, 4.69) is 10.6 Å². The minimum absolute atomic E-state index is 0.0883. The van der Waals surface area contributed by atoms with Gasteiger partial charge in [0.25, 0.3) is 5.91 Å². The van der Waals surface area contributed by atoms with Crippen molar-refractivity contribution in [2.24, 2.45) is 5.92 Å². The van der Waals surface area contributed by atoms with Gasteiger partial charge in [0, 0.05) is 44.6 Å². The van der Waals surface area contributed by atoms with Crippen molar-refractivity contribution in [1.29, 1.82) is 0 Å². The maximum absolute atomic E-state index is 12.4. The first kappa shape index (κ1) is 24.3. The van der Waals surface area contributed by atoms with E-state index in [0.717, 1.165) is 24.1 Å². The number of aryl methyl sites for hydroxylation is 1. The van der Waals surface area contributed by atoms with Gasteiger partial charge in [-0.05, 0) is 48.7 Å². The Labute approximate surface area is 194 Å². The minimum atomic E-state index is -0.370. The first-order chi connectivity index (χ1) is 16.0. The van der Waals surface area contributed by atoms with Crippen LogP contribution in [0.25, 0.3) is 0 Å². The fraction of sp³-hybridized carbons (Fsp3) is 0.400. The Morgan fingerprint density at radius 1 is 1.12 bits per heavy atom. The van der Waals surface area contributed by atoms with Gasteiger partial charge in [-0.2, -0.15) is 0 Å². The molecular formula is C25H31N3O5. The fourth-order valence-corrected chi connectivity index (χ4v) is 3.71. The number of para-hydroxylation sites is 1. The molecule has 0 bridgehead atoms. The summed E-state index contributed by atoms with van der Waals surface area (Å²) in [5, 5.41) is 5.73. The van der Waals surface area contributed by atoms with E-state index in [1.54, 1.807) is 36.3 Å². The molecule has 1 heterocycles. The SMILES string of the molecule is CCc1ccccc1NC(=O)COc1ccc(N2C[C@@H](C(=O)NCCCOC)CC2=O)cc1. The van der Waals surface area contributed by atoms with Crippen LogP contribution in [0.15, 0.2) is 48.5 Å². The number of carbonyl (C=O) groups is 3. The molecule has 33 heavy (non-hydrogen) atoms. The molecule has 1 aliphatic rings. The van der Waals surface area contributed by atoms with Gasteiger partial charge in [0.1, 0.15) is 5.75 Å². The Morgan fingerprint density at radius 2 is 1.88 bits per heavy atom. The molecule has 0 saturated carbocycles. The third kappa shape index (κ3) is 6.79. The van der Waals surface area contributed by atoms with E-state index in [1.807, 2.05) is 31.2 Å². The number of amides is 3. The second-order valence-electron chi connectivity index (χ2n) is 7.88. The Morgan fingerprint density at radius 3 is 2.61 bits per heavy atom. The standard InChI is InChI=1S/C25H31N3O5/c1-3-18-7-4-5-8-22(18)27-23(29)17-33-21-11-9-20(10-12-21)28-16-19(15-24(28)30)25(31)26-13-6-14-32-2/h4-5,7-12,19H,3,6,13-17H2,1-2H3,(H,26,31)(H,27,29)/t19-/m0/s1. The van der Waals surface area contributed by atoms with Crippen molar-refractivity contribution in [1.82, 2.24) is 5.32 Å². The summed E-state index contributed by atoms with van der Waals surface area (Å²) in [6.07, 6.45) is 1.75. The topological polar surface area (TPSA) is 97.0 Å². The van der Waals surface area contributed by atoms with Gasteiger partial charge >= 0.3 is 0 Å². The monoisotopic (exact) mass is 453 g/mol. The van der Waals surface area contributed by atoms with Crippen molar-refractivity contribution >= 4 is 29.1 Å². The third-order valence-electron chi connectivity index (χ3n) is 5.51. The molecule has 0 unspecified atom stereocenters. The Bertz CT molecular complexity index is 961. The number of anilines is 2. The molecule has 8 nitrogen and oxygen atoms in total. The molecule has 2 aromatic carbocycles. The van der Waals surface area contributed by atoms with Crippen LogP contribution in [0.2, 0.25) is 0 Å². The number of hydrogen-bond donors (Lipinski definition) is 2. The molecule has 0 aliphatic carbocycles. The third-order valence-corrected chi connectivity index (χ3v) is 5.51. The molecule has 1 atom stereocenters. The number of rotatable bonds is 11. The lowest BCUT2D eigenvalue weighted by atomic mass is 10.1. The van der Waals surface area contributed by atoms with Crippen LogP contribution in [0, 0.1) is 5.92 Å². The van der Waals surface area contributed by atoms with Gasteiger partial charge in [-0.3, -0.25) is 14.4 Å². The van der Waals surface area contributed by atoms with E-state index in [-0.39, 0.29) is 36.7 Å². The van der Waals surface area contributed by atoms with Crippen LogP contribution in [-0.4, -0.2) is 51.1 Å². The lowest BCUT2D eigenvalue weighted by molar-refractivity contribution is -0.126. The average molecular weight is 454 g/mol. The predicted octanol–water partition coefficient (Wildman–Crippen LogP) is 2.77. The average Bonchev–Trinajstić information content (AvgIpc) is 3.22. The molecule has 2 aromatic rings. The summed E-state index contributed by atoms with van der Waals surface area (Å²) in [7, 11) is 1.62. The van der Waals surface area contributed by atoms with Crippen LogP contribution >= 0.6 is 0 Å². The maximum Gasteiger partial charge on any atom is 0.262 e. The maximum atomic E-state index is 12.4. The second-order valence-corrected chi connectivity index (χ2v) is 7.88. The van der Waals surface area contributed by atoms with Crippen molar-refractivity contribution in [3.8, 4) is 5.75 Å². The van der Waals surface area contributed by atoms with Crippen molar-refractivity contribution in [3.63, 3.8) is 0 Å². The van der Waals surface area contributed by atoms with E-state index in [4.69, 9.17) is 9.47 Å². The summed E-state index contributed by atoms with van der Waals surface area (Å²) in [6, 6.07) is 14.6. The van der Waals surface area contributed by atoms with Gasteiger partial charge in [0.2, 0.25) is 11.8 Å². The molecule has 2 N–H and O–H groups in total. The van der Waals surface area contributed by atoms with Crippen LogP contribution in [0.5, 0.6) is 5.75 Å². The van der Waals surface area contributed by atoms with E-state index in [1.165, 1.54) is 0 Å². The molecule has 0 spiro atoms. The van der Waals surface area contributed by atoms with Gasteiger partial charge < -0.3 is 25.0 Å². The van der Waals surface area contributed by atoms with Crippen LogP contribution in [0.3, 0.4) is 0 Å². The Balaban J connectivity index is 1.49. The molecule has 176 valence electrons. The van der Waals surface area contributed by atoms with Gasteiger partial charge in [-0.1, -0.05) is 25.1 Å². The first-order valence-corrected chi connectivity index (χ1v) is 11.2. The van der Waals surface area contributed by atoms with Crippen LogP contribution in [-0.2, 0) is 25.5 Å². The summed E-state index contributed by atoms with van der Waals surface area (Å²) in [6.45, 7) is 3.37. The summed E-state index contributed by atoms with van der Waals surface area (Å²) in [5.41, 5.74) is 2.55. The lowest BCUT2D eigenvalue weighted by Crippen LogP contribution is -2.33. The molecular weight excluding hydrogens is 422 g/mol. The predicted molar refractivity (Wildman–Crippen MR) is 126 cm³/mol. The van der Waals surface area contributed by atoms with Gasteiger partial charge in [-0.15, -0.1) is 0 Å². The lowest BCUT2D eigenvalue weighted by Gasteiger charge is -2.17. The molecule has 1 fully saturated rings. The highest BCUT2D eigenvalue weighted by Crippen LogP contribution is 2.27. The smallest absolute Gasteiger partial charge is 0.262 e. The van der Waals surface area contributed by atoms with E-state index in [9.17, 15) is 14.4 Å². The van der Waals surface area contributed by atoms with Gasteiger partial charge in [0.15, 0.2) is 6.61 Å². The summed E-state index contributed by atoms with van der Waals surface area (Å²) in [5.74, 6) is -0.288. The summed E-state index contributed by atoms with van der Waals surface area (Å²) < 4.78 is 10.6. The Kier molecular flexibility index (Phi) is 8.83. The molecule has 0 radical (unpaired) electrons. The second kappa shape index (κ2) is 12.0. The number of methoxy groups -OCH3 is 1. The fourth-order valence-electron chi connectivity index (χ4n) is 3.71. The normalized spacial score (nSPS) is 15.4. The Hall–Kier alpha value is -3.39. The number of ether oxygens (including phenoxy) is 2. The number of nitrogens with zero attached hydrogens (tertiary/aromatic N) is 1. The highest BCUT2D eigenvalue weighted by molar-refractivity contribution is 6.00. The zero-order valence-electron chi connectivity index (χ0n) is 19.1. The summed E-state index contributed by atoms with van der Waals surface area (Å²) >= 11 is 0. The minimum Gasteiger partial charge on any atom is -0.484 e. The van der Waals surface area contributed by atoms with Crippen molar-refractivity contribution < 1.29 is 23.9 Å². The number of nitrogens with one attached hydrogen (secondary N) is 2. The van der Waals surface area contributed by atoms with Crippen molar-refractivity contribution in [2.45, 2.75) is 26.2 Å². The van der Waals surface area contributed by atoms with Crippen molar-refractivity contribution in [2.75, 3.05) is 43.6 Å². The van der Waals surface area contributed by atoms with Crippen molar-refractivity contribution in [3.05, 3.63) is 54.1 Å². The number of benzene rings is 2. The van der Waals surface area contributed by atoms with Crippen LogP contribution in [0.4, 0.5) is 11.4 Å². The summed E-state index contributed by atoms with van der Waals surface area (Å²) in [4.78, 5) is 38.6. The highest BCUT2D eigenvalue weighted by Gasteiger charge is 2.34. The van der Waals surface area contributed by atoms with E-state index >= 15 is 0 Å². The molecule has 3 rings (SSSR count). The highest BCUT2D eigenvalue weighted by atomic mass is 16.5. The molecule has 3 amide bonds. The zero-order chi connectivity index (χ0) is 23.6. The van der Waals surface area contributed by atoms with Crippen LogP contribution < -0.4 is 20.3 Å². The quantitative estimate of drug-likeness (QED) is 0.510. The van der Waals surface area contributed by atoms with Crippen LogP contribution in [0.1, 0.15) is 25.3 Å². The van der Waals surface area contributed by atoms with Gasteiger partial charge in [0.05, 0.1) is 5.92 Å². The van der Waals surface area contributed by atoms with E-state index < -0.39 is 0 Å². The molecule has 0 aromatic heterocycles. The zero-order valence-corrected chi connectivity index (χ0v) is 19.1. The number of hydrogen-bond acceptors (Lipinski definition) is 5. The van der Waals surface area contributed by atoms with Gasteiger partial charge in [-0.25, -0.2) is 0 Å². The molecule has 1 aliphatic heterocycles.